The van der Waals surface area contributed by atoms with E-state index in [-0.39, 0.29) is 12.5 Å². The van der Waals surface area contributed by atoms with Gasteiger partial charge in [0.1, 0.15) is 5.54 Å². The summed E-state index contributed by atoms with van der Waals surface area (Å²) < 4.78 is 16.7. The zero-order valence-corrected chi connectivity index (χ0v) is 20.5. The maximum Gasteiger partial charge on any atom is 0.332 e. The minimum absolute atomic E-state index is 0.255. The average molecular weight is 480 g/mol. The molecule has 1 amide bonds. The normalized spacial score (nSPS) is 13.7. The maximum absolute atomic E-state index is 13.3. The molecule has 0 saturated carbocycles. The van der Waals surface area contributed by atoms with Crippen LogP contribution in [-0.4, -0.2) is 37.7 Å². The Morgan fingerprint density at radius 2 is 1.82 bits per heavy atom. The fourth-order valence-electron chi connectivity index (χ4n) is 4.29. The van der Waals surface area contributed by atoms with Crippen LogP contribution < -0.4 is 14.8 Å². The monoisotopic (exact) mass is 479 g/mol. The van der Waals surface area contributed by atoms with E-state index in [4.69, 9.17) is 14.2 Å². The summed E-state index contributed by atoms with van der Waals surface area (Å²) >= 11 is 1.60. The minimum Gasteiger partial charge on any atom is -0.493 e. The first-order chi connectivity index (χ1) is 16.4. The Morgan fingerprint density at radius 1 is 1.06 bits per heavy atom. The Bertz CT molecular complexity index is 1160. The minimum atomic E-state index is -1.10. The molecule has 3 aromatic rings. The number of hydrogen-bond donors (Lipinski definition) is 1. The molecule has 0 unspecified atom stereocenters. The summed E-state index contributed by atoms with van der Waals surface area (Å²) in [6.45, 7) is 4.52. The van der Waals surface area contributed by atoms with Crippen LogP contribution in [0.2, 0.25) is 0 Å². The van der Waals surface area contributed by atoms with Gasteiger partial charge in [-0.15, -0.1) is 0 Å². The summed E-state index contributed by atoms with van der Waals surface area (Å²) in [7, 11) is 1.56. The van der Waals surface area contributed by atoms with Crippen molar-refractivity contribution in [3.63, 3.8) is 0 Å². The van der Waals surface area contributed by atoms with Crippen LogP contribution in [0, 0.1) is 6.92 Å². The third-order valence-electron chi connectivity index (χ3n) is 5.99. The van der Waals surface area contributed by atoms with Crippen molar-refractivity contribution >= 4 is 23.2 Å². The molecule has 34 heavy (non-hydrogen) atoms. The molecule has 2 aromatic carbocycles. The van der Waals surface area contributed by atoms with Crippen LogP contribution in [0.1, 0.15) is 39.5 Å². The lowest BCUT2D eigenvalue weighted by Gasteiger charge is -2.28. The SMILES string of the molecule is CCOC(=O)C1(NC(=O)c2ccc(OC)c(OCCc3cccc(C)c3)c2)Cc2cscc2C1. The lowest BCUT2D eigenvalue weighted by Crippen LogP contribution is -2.56. The van der Waals surface area contributed by atoms with Crippen LogP contribution in [0.5, 0.6) is 11.5 Å². The summed E-state index contributed by atoms with van der Waals surface area (Å²) in [4.78, 5) is 26.1. The number of aryl methyl sites for hydroxylation is 1. The topological polar surface area (TPSA) is 73.9 Å². The Kier molecular flexibility index (Phi) is 7.22. The van der Waals surface area contributed by atoms with Gasteiger partial charge in [0.2, 0.25) is 0 Å². The molecule has 1 heterocycles. The van der Waals surface area contributed by atoms with Gasteiger partial charge in [-0.25, -0.2) is 4.79 Å². The van der Waals surface area contributed by atoms with Crippen LogP contribution in [0.15, 0.2) is 53.2 Å². The van der Waals surface area contributed by atoms with E-state index in [1.807, 2.05) is 16.8 Å². The van der Waals surface area contributed by atoms with Gasteiger partial charge in [0, 0.05) is 24.8 Å². The van der Waals surface area contributed by atoms with Crippen molar-refractivity contribution in [1.82, 2.24) is 5.32 Å². The second-order valence-electron chi connectivity index (χ2n) is 8.49. The van der Waals surface area contributed by atoms with Crippen molar-refractivity contribution in [3.05, 3.63) is 81.0 Å². The molecule has 1 N–H and O–H groups in total. The average Bonchev–Trinajstić information content (AvgIpc) is 3.39. The number of hydrogen-bond acceptors (Lipinski definition) is 6. The number of fused-ring (bicyclic) bond motifs is 1. The van der Waals surface area contributed by atoms with E-state index in [9.17, 15) is 9.59 Å². The number of carbonyl (C=O) groups is 2. The zero-order chi connectivity index (χ0) is 24.1. The molecular weight excluding hydrogens is 450 g/mol. The maximum atomic E-state index is 13.3. The molecule has 1 aromatic heterocycles. The molecule has 1 aliphatic carbocycles. The molecule has 0 spiro atoms. The van der Waals surface area contributed by atoms with Crippen LogP contribution >= 0.6 is 11.3 Å². The highest BCUT2D eigenvalue weighted by Gasteiger charge is 2.47. The Hall–Kier alpha value is -3.32. The van der Waals surface area contributed by atoms with Gasteiger partial charge in [-0.05, 0) is 59.5 Å². The number of methoxy groups -OCH3 is 1. The molecule has 0 aliphatic heterocycles. The van der Waals surface area contributed by atoms with Gasteiger partial charge >= 0.3 is 5.97 Å². The lowest BCUT2D eigenvalue weighted by atomic mass is 9.95. The van der Waals surface area contributed by atoms with Crippen molar-refractivity contribution < 1.29 is 23.8 Å². The van der Waals surface area contributed by atoms with Gasteiger partial charge in [-0.2, -0.15) is 11.3 Å². The van der Waals surface area contributed by atoms with Crippen LogP contribution in [0.25, 0.3) is 0 Å². The molecule has 0 fully saturated rings. The predicted octanol–water partition coefficient (Wildman–Crippen LogP) is 4.52. The van der Waals surface area contributed by atoms with E-state index >= 15 is 0 Å². The van der Waals surface area contributed by atoms with Crippen molar-refractivity contribution in [2.45, 2.75) is 38.6 Å². The summed E-state index contributed by atoms with van der Waals surface area (Å²) in [5.41, 5.74) is 3.83. The quantitative estimate of drug-likeness (QED) is 0.457. The second-order valence-corrected chi connectivity index (χ2v) is 9.23. The molecule has 7 heteroatoms. The molecule has 0 saturated heterocycles. The Balaban J connectivity index is 1.49. The van der Waals surface area contributed by atoms with Gasteiger partial charge in [-0.1, -0.05) is 29.8 Å². The molecule has 0 bridgehead atoms. The summed E-state index contributed by atoms with van der Waals surface area (Å²) in [5.74, 6) is 0.266. The van der Waals surface area contributed by atoms with Crippen LogP contribution in [0.3, 0.4) is 0 Å². The van der Waals surface area contributed by atoms with E-state index in [0.717, 1.165) is 17.5 Å². The molecular formula is C27H29NO5S. The third-order valence-corrected chi connectivity index (χ3v) is 6.83. The van der Waals surface area contributed by atoms with Crippen molar-refractivity contribution in [3.8, 4) is 11.5 Å². The van der Waals surface area contributed by atoms with E-state index in [2.05, 4.69) is 30.4 Å². The molecule has 178 valence electrons. The number of benzene rings is 2. The Labute approximate surface area is 203 Å². The Morgan fingerprint density at radius 3 is 2.50 bits per heavy atom. The van der Waals surface area contributed by atoms with E-state index in [1.165, 1.54) is 11.1 Å². The zero-order valence-electron chi connectivity index (χ0n) is 19.7. The highest BCUT2D eigenvalue weighted by atomic mass is 32.1. The summed E-state index contributed by atoms with van der Waals surface area (Å²) in [6, 6.07) is 13.3. The number of carbonyl (C=O) groups excluding carboxylic acids is 2. The van der Waals surface area contributed by atoms with E-state index < -0.39 is 11.5 Å². The van der Waals surface area contributed by atoms with Crippen LogP contribution in [0.4, 0.5) is 0 Å². The third kappa shape index (κ3) is 5.09. The molecule has 4 rings (SSSR count). The summed E-state index contributed by atoms with van der Waals surface area (Å²) in [5, 5.41) is 7.02. The second kappa shape index (κ2) is 10.3. The van der Waals surface area contributed by atoms with Gasteiger partial charge in [-0.3, -0.25) is 4.79 Å². The number of esters is 1. The number of amides is 1. The van der Waals surface area contributed by atoms with Crippen LogP contribution in [-0.2, 0) is 28.8 Å². The first-order valence-electron chi connectivity index (χ1n) is 11.3. The number of ether oxygens (including phenoxy) is 3. The molecule has 1 aliphatic rings. The fourth-order valence-corrected chi connectivity index (χ4v) is 5.16. The van der Waals surface area contributed by atoms with Crippen molar-refractivity contribution in [2.24, 2.45) is 0 Å². The van der Waals surface area contributed by atoms with E-state index in [1.54, 1.807) is 43.6 Å². The first-order valence-corrected chi connectivity index (χ1v) is 12.3. The van der Waals surface area contributed by atoms with E-state index in [0.29, 0.717) is 36.5 Å². The van der Waals surface area contributed by atoms with Gasteiger partial charge in [0.15, 0.2) is 11.5 Å². The lowest BCUT2D eigenvalue weighted by molar-refractivity contribution is -0.150. The largest absolute Gasteiger partial charge is 0.493 e. The summed E-state index contributed by atoms with van der Waals surface area (Å²) in [6.07, 6.45) is 1.58. The van der Waals surface area contributed by atoms with Gasteiger partial charge in [0.25, 0.3) is 5.91 Å². The van der Waals surface area contributed by atoms with Crippen molar-refractivity contribution in [1.29, 1.82) is 0 Å². The smallest absolute Gasteiger partial charge is 0.332 e. The van der Waals surface area contributed by atoms with Gasteiger partial charge in [0.05, 0.1) is 20.3 Å². The van der Waals surface area contributed by atoms with Crippen molar-refractivity contribution in [2.75, 3.05) is 20.3 Å². The number of thiophene rings is 1. The molecule has 0 radical (unpaired) electrons. The number of rotatable bonds is 9. The van der Waals surface area contributed by atoms with Gasteiger partial charge < -0.3 is 19.5 Å². The first kappa shape index (κ1) is 23.8. The predicted molar refractivity (Wildman–Crippen MR) is 132 cm³/mol. The number of nitrogens with one attached hydrogen (secondary N) is 1. The highest BCUT2D eigenvalue weighted by molar-refractivity contribution is 7.08. The fraction of sp³-hybridized carbons (Fsp3) is 0.333. The molecule has 0 atom stereocenters. The molecule has 6 nitrogen and oxygen atoms in total. The highest BCUT2D eigenvalue weighted by Crippen LogP contribution is 2.35. The standard InChI is InChI=1S/C27H29NO5S/c1-4-32-26(30)27(14-21-16-34-17-22(21)15-27)28-25(29)20-8-9-23(31-3)24(13-20)33-11-10-19-7-5-6-18(2)12-19/h5-9,12-13,16-17H,4,10-11,14-15H2,1-3H3,(H,28,29).